The highest BCUT2D eigenvalue weighted by Gasteiger charge is 2.15. The molecule has 1 unspecified atom stereocenters. The van der Waals surface area contributed by atoms with Gasteiger partial charge in [-0.05, 0) is 12.5 Å². The Kier molecular flexibility index (Phi) is 4.28. The van der Waals surface area contributed by atoms with Crippen LogP contribution < -0.4 is 10.1 Å². The van der Waals surface area contributed by atoms with E-state index in [2.05, 4.69) is 10.3 Å². The molecule has 16 heavy (non-hydrogen) atoms. The largest absolute Gasteiger partial charge is 0.481 e. The molecule has 0 spiro atoms. The number of amides is 1. The minimum absolute atomic E-state index is 0.308. The van der Waals surface area contributed by atoms with Crippen LogP contribution in [-0.2, 0) is 4.79 Å². The van der Waals surface area contributed by atoms with Crippen LogP contribution >= 0.6 is 0 Å². The van der Waals surface area contributed by atoms with E-state index in [1.165, 1.54) is 13.3 Å². The molecule has 0 radical (unpaired) electrons. The van der Waals surface area contributed by atoms with Crippen LogP contribution in [0.5, 0.6) is 5.88 Å². The first-order valence-electron chi connectivity index (χ1n) is 4.91. The van der Waals surface area contributed by atoms with Gasteiger partial charge in [0.1, 0.15) is 5.92 Å². The third kappa shape index (κ3) is 2.95. The summed E-state index contributed by atoms with van der Waals surface area (Å²) in [6, 6.07) is 5.25. The van der Waals surface area contributed by atoms with E-state index in [4.69, 9.17) is 10.00 Å². The average molecular weight is 219 g/mol. The Balaban J connectivity index is 2.66. The molecule has 1 aromatic rings. The lowest BCUT2D eigenvalue weighted by atomic mass is 10.1. The quantitative estimate of drug-likeness (QED) is 0.834. The molecule has 0 aliphatic carbocycles. The Morgan fingerprint density at radius 2 is 2.44 bits per heavy atom. The second kappa shape index (κ2) is 5.71. The van der Waals surface area contributed by atoms with E-state index >= 15 is 0 Å². The monoisotopic (exact) mass is 219 g/mol. The van der Waals surface area contributed by atoms with Gasteiger partial charge in [0.25, 0.3) is 0 Å². The van der Waals surface area contributed by atoms with Gasteiger partial charge in [-0.25, -0.2) is 4.98 Å². The summed E-state index contributed by atoms with van der Waals surface area (Å²) >= 11 is 0. The lowest BCUT2D eigenvalue weighted by Gasteiger charge is -2.07. The number of nitrogens with one attached hydrogen (secondary N) is 1. The van der Waals surface area contributed by atoms with E-state index < -0.39 is 5.92 Å². The van der Waals surface area contributed by atoms with Crippen LogP contribution in [0.25, 0.3) is 0 Å². The maximum Gasteiger partial charge on any atom is 0.241 e. The van der Waals surface area contributed by atoms with Crippen LogP contribution in [0, 0.1) is 17.2 Å². The van der Waals surface area contributed by atoms with Crippen molar-refractivity contribution >= 4 is 11.6 Å². The Morgan fingerprint density at radius 3 is 2.88 bits per heavy atom. The molecule has 0 saturated heterocycles. The van der Waals surface area contributed by atoms with Crippen molar-refractivity contribution < 1.29 is 9.53 Å². The van der Waals surface area contributed by atoms with Gasteiger partial charge in [0, 0.05) is 6.07 Å². The molecule has 0 aromatic carbocycles. The number of hydrogen-bond donors (Lipinski definition) is 1. The molecule has 5 heteroatoms. The number of carbonyl (C=O) groups excluding carboxylic acids is 1. The molecule has 1 N–H and O–H groups in total. The zero-order valence-electron chi connectivity index (χ0n) is 9.23. The third-order valence-electron chi connectivity index (χ3n) is 2.09. The fourth-order valence-corrected chi connectivity index (χ4v) is 1.14. The predicted molar refractivity (Wildman–Crippen MR) is 58.8 cm³/mol. The second-order valence-corrected chi connectivity index (χ2v) is 3.17. The molecule has 0 bridgehead atoms. The first-order valence-corrected chi connectivity index (χ1v) is 4.91. The number of pyridine rings is 1. The van der Waals surface area contributed by atoms with Crippen LogP contribution in [0.15, 0.2) is 18.3 Å². The fraction of sp³-hybridized carbons (Fsp3) is 0.364. The fourth-order valence-electron chi connectivity index (χ4n) is 1.14. The molecule has 1 rings (SSSR count). The average Bonchev–Trinajstić information content (AvgIpc) is 2.31. The molecule has 0 fully saturated rings. The van der Waals surface area contributed by atoms with E-state index in [9.17, 15) is 4.79 Å². The van der Waals surface area contributed by atoms with Crippen molar-refractivity contribution in [2.45, 2.75) is 13.3 Å². The summed E-state index contributed by atoms with van der Waals surface area (Å²) < 4.78 is 4.89. The summed E-state index contributed by atoms with van der Waals surface area (Å²) in [6.45, 7) is 1.79. The molecular formula is C11H13N3O2. The first-order chi connectivity index (χ1) is 7.71. The predicted octanol–water partition coefficient (Wildman–Crippen LogP) is 1.58. The Bertz CT molecular complexity index is 395. The number of ether oxygens (including phenoxy) is 1. The van der Waals surface area contributed by atoms with E-state index in [-0.39, 0.29) is 5.91 Å². The number of methoxy groups -OCH3 is 1. The molecule has 0 aliphatic heterocycles. The highest BCUT2D eigenvalue weighted by atomic mass is 16.5. The molecule has 0 aliphatic rings. The summed E-state index contributed by atoms with van der Waals surface area (Å²) in [6.07, 6.45) is 1.98. The van der Waals surface area contributed by atoms with Crippen LogP contribution in [-0.4, -0.2) is 18.0 Å². The van der Waals surface area contributed by atoms with Crippen molar-refractivity contribution in [1.82, 2.24) is 4.98 Å². The van der Waals surface area contributed by atoms with Crippen molar-refractivity contribution in [3.05, 3.63) is 18.3 Å². The smallest absolute Gasteiger partial charge is 0.241 e. The zero-order valence-corrected chi connectivity index (χ0v) is 9.23. The molecular weight excluding hydrogens is 206 g/mol. The maximum absolute atomic E-state index is 11.5. The normalized spacial score (nSPS) is 11.3. The van der Waals surface area contributed by atoms with Crippen LogP contribution in [0.1, 0.15) is 13.3 Å². The number of carbonyl (C=O) groups is 1. The van der Waals surface area contributed by atoms with Crippen LogP contribution in [0.2, 0.25) is 0 Å². The summed E-state index contributed by atoms with van der Waals surface area (Å²) in [5, 5.41) is 11.3. The van der Waals surface area contributed by atoms with Crippen LogP contribution in [0.3, 0.4) is 0 Å². The molecule has 1 aromatic heterocycles. The minimum atomic E-state index is -0.623. The topological polar surface area (TPSA) is 75.0 Å². The maximum atomic E-state index is 11.5. The molecule has 1 amide bonds. The van der Waals surface area contributed by atoms with Gasteiger partial charge in [-0.3, -0.25) is 4.79 Å². The number of nitriles is 1. The number of nitrogens with zero attached hydrogens (tertiary/aromatic N) is 2. The first kappa shape index (κ1) is 12.0. The number of rotatable bonds is 4. The highest BCUT2D eigenvalue weighted by Crippen LogP contribution is 2.12. The summed E-state index contributed by atoms with van der Waals surface area (Å²) in [7, 11) is 1.52. The van der Waals surface area contributed by atoms with E-state index in [1.807, 2.05) is 6.07 Å². The lowest BCUT2D eigenvalue weighted by molar-refractivity contribution is -0.118. The van der Waals surface area contributed by atoms with Gasteiger partial charge in [0.2, 0.25) is 11.8 Å². The van der Waals surface area contributed by atoms with Gasteiger partial charge < -0.3 is 10.1 Å². The Hall–Kier alpha value is -2.09. The lowest BCUT2D eigenvalue weighted by Crippen LogP contribution is -2.20. The molecule has 0 saturated carbocycles. The van der Waals surface area contributed by atoms with Gasteiger partial charge in [0.15, 0.2) is 0 Å². The summed E-state index contributed by atoms with van der Waals surface area (Å²) in [5.41, 5.74) is 0.555. The Labute approximate surface area is 94.1 Å². The Morgan fingerprint density at radius 1 is 1.69 bits per heavy atom. The van der Waals surface area contributed by atoms with E-state index in [0.29, 0.717) is 18.0 Å². The van der Waals surface area contributed by atoms with E-state index in [0.717, 1.165) is 0 Å². The molecule has 5 nitrogen and oxygen atoms in total. The molecule has 84 valence electrons. The van der Waals surface area contributed by atoms with Gasteiger partial charge in [-0.2, -0.15) is 5.26 Å². The summed E-state index contributed by atoms with van der Waals surface area (Å²) in [4.78, 5) is 15.5. The van der Waals surface area contributed by atoms with Crippen molar-refractivity contribution in [1.29, 1.82) is 5.26 Å². The molecule has 1 atom stereocenters. The second-order valence-electron chi connectivity index (χ2n) is 3.17. The van der Waals surface area contributed by atoms with Gasteiger partial charge >= 0.3 is 0 Å². The van der Waals surface area contributed by atoms with Gasteiger partial charge in [-0.15, -0.1) is 0 Å². The minimum Gasteiger partial charge on any atom is -0.481 e. The highest BCUT2D eigenvalue weighted by molar-refractivity contribution is 5.93. The van der Waals surface area contributed by atoms with E-state index in [1.54, 1.807) is 19.1 Å². The number of hydrogen-bond acceptors (Lipinski definition) is 4. The zero-order chi connectivity index (χ0) is 12.0. The van der Waals surface area contributed by atoms with Crippen molar-refractivity contribution in [2.75, 3.05) is 12.4 Å². The van der Waals surface area contributed by atoms with Crippen molar-refractivity contribution in [3.63, 3.8) is 0 Å². The summed E-state index contributed by atoms with van der Waals surface area (Å²) in [5.74, 6) is -0.454. The third-order valence-corrected chi connectivity index (χ3v) is 2.09. The van der Waals surface area contributed by atoms with Gasteiger partial charge in [-0.1, -0.05) is 6.92 Å². The SMILES string of the molecule is CCC(C#N)C(=O)Nc1ccc(OC)nc1. The number of anilines is 1. The van der Waals surface area contributed by atoms with Gasteiger partial charge in [0.05, 0.1) is 25.1 Å². The standard InChI is InChI=1S/C11H13N3O2/c1-3-8(6-12)11(15)14-9-4-5-10(16-2)13-7-9/h4-5,7-8H,3H2,1-2H3,(H,14,15). The van der Waals surface area contributed by atoms with Crippen molar-refractivity contribution in [3.8, 4) is 11.9 Å². The van der Waals surface area contributed by atoms with Crippen LogP contribution in [0.4, 0.5) is 5.69 Å². The molecule has 1 heterocycles. The van der Waals surface area contributed by atoms with Crippen molar-refractivity contribution in [2.24, 2.45) is 5.92 Å². The number of aromatic nitrogens is 1.